The maximum absolute atomic E-state index is 12.7. The molecule has 0 saturated carbocycles. The highest BCUT2D eigenvalue weighted by atomic mass is 19.4. The van der Waals surface area contributed by atoms with Crippen LogP contribution in [0, 0.1) is 6.92 Å². The van der Waals surface area contributed by atoms with Gasteiger partial charge in [-0.1, -0.05) is 6.07 Å². The number of alkyl halides is 3. The molecule has 0 atom stereocenters. The van der Waals surface area contributed by atoms with Crippen molar-refractivity contribution >= 4 is 5.82 Å². The summed E-state index contributed by atoms with van der Waals surface area (Å²) in [5, 5.41) is 2.92. The number of aryl methyl sites for hydroxylation is 1. The van der Waals surface area contributed by atoms with Gasteiger partial charge < -0.3 is 14.8 Å². The second-order valence-corrected chi connectivity index (χ2v) is 4.89. The zero-order valence-corrected chi connectivity index (χ0v) is 13.0. The lowest BCUT2D eigenvalue weighted by atomic mass is 10.2. The average molecular weight is 326 g/mol. The summed E-state index contributed by atoms with van der Waals surface area (Å²) in [5.41, 5.74) is 0.490. The minimum Gasteiger partial charge on any atom is -0.497 e. The van der Waals surface area contributed by atoms with Gasteiger partial charge in [0.05, 0.1) is 14.2 Å². The molecule has 1 aromatic carbocycles. The number of benzene rings is 1. The molecule has 0 saturated heterocycles. The summed E-state index contributed by atoms with van der Waals surface area (Å²) in [4.78, 5) is 3.65. The predicted octanol–water partition coefficient (Wildman–Crippen LogP) is 4.04. The number of hydrogen-bond donors (Lipinski definition) is 1. The van der Waals surface area contributed by atoms with Crippen LogP contribution in [-0.2, 0) is 12.7 Å². The van der Waals surface area contributed by atoms with Crippen molar-refractivity contribution in [1.29, 1.82) is 0 Å². The molecular formula is C16H17F3N2O2. The molecule has 0 radical (unpaired) electrons. The predicted molar refractivity (Wildman–Crippen MR) is 80.8 cm³/mol. The zero-order chi connectivity index (χ0) is 17.0. The quantitative estimate of drug-likeness (QED) is 0.900. The van der Waals surface area contributed by atoms with Crippen LogP contribution in [0.5, 0.6) is 11.5 Å². The van der Waals surface area contributed by atoms with E-state index in [4.69, 9.17) is 9.47 Å². The SMILES string of the molecule is COc1ccc(CNc2nc(C(F)(F)F)ccc2C)c(OC)c1. The molecule has 1 N–H and O–H groups in total. The van der Waals surface area contributed by atoms with Gasteiger partial charge in [0.25, 0.3) is 0 Å². The average Bonchev–Trinajstić information content (AvgIpc) is 2.52. The highest BCUT2D eigenvalue weighted by Gasteiger charge is 2.32. The molecule has 0 unspecified atom stereocenters. The molecule has 2 rings (SSSR count). The van der Waals surface area contributed by atoms with E-state index >= 15 is 0 Å². The second kappa shape index (κ2) is 6.76. The Morgan fingerprint density at radius 1 is 1.09 bits per heavy atom. The first-order valence-electron chi connectivity index (χ1n) is 6.84. The largest absolute Gasteiger partial charge is 0.497 e. The maximum atomic E-state index is 12.7. The van der Waals surface area contributed by atoms with E-state index in [9.17, 15) is 13.2 Å². The number of rotatable bonds is 5. The first kappa shape index (κ1) is 16.9. The number of pyridine rings is 1. The van der Waals surface area contributed by atoms with Crippen molar-refractivity contribution < 1.29 is 22.6 Å². The third-order valence-corrected chi connectivity index (χ3v) is 3.33. The Kier molecular flexibility index (Phi) is 4.98. The topological polar surface area (TPSA) is 43.4 Å². The zero-order valence-electron chi connectivity index (χ0n) is 13.0. The third-order valence-electron chi connectivity index (χ3n) is 3.33. The molecule has 4 nitrogen and oxygen atoms in total. The fourth-order valence-electron chi connectivity index (χ4n) is 2.04. The minimum atomic E-state index is -4.47. The van der Waals surface area contributed by atoms with Gasteiger partial charge in [-0.15, -0.1) is 0 Å². The summed E-state index contributed by atoms with van der Waals surface area (Å²) >= 11 is 0. The van der Waals surface area contributed by atoms with E-state index in [0.29, 0.717) is 17.1 Å². The Labute approximate surface area is 132 Å². The number of nitrogens with zero attached hydrogens (tertiary/aromatic N) is 1. The molecule has 1 aromatic heterocycles. The van der Waals surface area contributed by atoms with E-state index in [1.807, 2.05) is 0 Å². The molecule has 0 aliphatic rings. The molecule has 0 bridgehead atoms. The molecule has 2 aromatic rings. The minimum absolute atomic E-state index is 0.192. The lowest BCUT2D eigenvalue weighted by molar-refractivity contribution is -0.141. The van der Waals surface area contributed by atoms with E-state index in [1.165, 1.54) is 13.2 Å². The van der Waals surface area contributed by atoms with E-state index < -0.39 is 11.9 Å². The fraction of sp³-hybridized carbons (Fsp3) is 0.312. The van der Waals surface area contributed by atoms with Gasteiger partial charge >= 0.3 is 6.18 Å². The number of anilines is 1. The van der Waals surface area contributed by atoms with Crippen LogP contribution in [0.25, 0.3) is 0 Å². The Bertz CT molecular complexity index is 688. The first-order valence-corrected chi connectivity index (χ1v) is 6.84. The van der Waals surface area contributed by atoms with Crippen molar-refractivity contribution in [2.24, 2.45) is 0 Å². The van der Waals surface area contributed by atoms with Crippen molar-refractivity contribution in [1.82, 2.24) is 4.98 Å². The molecule has 7 heteroatoms. The van der Waals surface area contributed by atoms with Crippen molar-refractivity contribution in [3.8, 4) is 11.5 Å². The van der Waals surface area contributed by atoms with Gasteiger partial charge in [-0.05, 0) is 30.7 Å². The van der Waals surface area contributed by atoms with Crippen LogP contribution in [0.1, 0.15) is 16.8 Å². The Balaban J connectivity index is 2.21. The second-order valence-electron chi connectivity index (χ2n) is 4.89. The monoisotopic (exact) mass is 326 g/mol. The third kappa shape index (κ3) is 4.06. The van der Waals surface area contributed by atoms with Gasteiger partial charge in [-0.2, -0.15) is 13.2 Å². The fourth-order valence-corrected chi connectivity index (χ4v) is 2.04. The summed E-state index contributed by atoms with van der Waals surface area (Å²) < 4.78 is 48.6. The van der Waals surface area contributed by atoms with E-state index in [-0.39, 0.29) is 12.4 Å². The highest BCUT2D eigenvalue weighted by molar-refractivity contribution is 5.47. The maximum Gasteiger partial charge on any atom is 0.433 e. The molecule has 0 spiro atoms. The number of ether oxygens (including phenoxy) is 2. The number of halogens is 3. The summed E-state index contributed by atoms with van der Waals surface area (Å²) in [6.07, 6.45) is -4.47. The molecule has 23 heavy (non-hydrogen) atoms. The van der Waals surface area contributed by atoms with Crippen molar-refractivity contribution in [3.05, 3.63) is 47.2 Å². The van der Waals surface area contributed by atoms with Crippen LogP contribution >= 0.6 is 0 Å². The van der Waals surface area contributed by atoms with E-state index in [0.717, 1.165) is 11.6 Å². The number of hydrogen-bond acceptors (Lipinski definition) is 4. The Morgan fingerprint density at radius 2 is 1.83 bits per heavy atom. The van der Waals surface area contributed by atoms with Crippen molar-refractivity contribution in [2.45, 2.75) is 19.6 Å². The summed E-state index contributed by atoms with van der Waals surface area (Å²) in [6.45, 7) is 1.98. The van der Waals surface area contributed by atoms with Gasteiger partial charge in [-0.3, -0.25) is 0 Å². The number of nitrogens with one attached hydrogen (secondary N) is 1. The molecule has 0 aliphatic heterocycles. The summed E-state index contributed by atoms with van der Waals surface area (Å²) in [5.74, 6) is 1.41. The molecule has 0 aliphatic carbocycles. The van der Waals surface area contributed by atoms with Crippen LogP contribution < -0.4 is 14.8 Å². The van der Waals surface area contributed by atoms with Crippen LogP contribution in [0.2, 0.25) is 0 Å². The van der Waals surface area contributed by atoms with Crippen LogP contribution in [0.4, 0.5) is 19.0 Å². The van der Waals surface area contributed by atoms with E-state index in [1.54, 1.807) is 32.2 Å². The lowest BCUT2D eigenvalue weighted by Crippen LogP contribution is -2.11. The highest BCUT2D eigenvalue weighted by Crippen LogP contribution is 2.30. The molecule has 0 fully saturated rings. The van der Waals surface area contributed by atoms with Crippen LogP contribution in [0.3, 0.4) is 0 Å². The molecule has 1 heterocycles. The van der Waals surface area contributed by atoms with Gasteiger partial charge in [0.15, 0.2) is 0 Å². The lowest BCUT2D eigenvalue weighted by Gasteiger charge is -2.14. The Hall–Kier alpha value is -2.44. The van der Waals surface area contributed by atoms with E-state index in [2.05, 4.69) is 10.3 Å². The normalized spacial score (nSPS) is 11.2. The standard InChI is InChI=1S/C16H17F3N2O2/c1-10-4-7-14(16(17,18)19)21-15(10)20-9-11-5-6-12(22-2)8-13(11)23-3/h4-8H,9H2,1-3H3,(H,20,21). The van der Waals surface area contributed by atoms with Crippen LogP contribution in [0.15, 0.2) is 30.3 Å². The summed E-state index contributed by atoms with van der Waals surface area (Å²) in [7, 11) is 3.06. The van der Waals surface area contributed by atoms with Gasteiger partial charge in [0, 0.05) is 18.2 Å². The van der Waals surface area contributed by atoms with Crippen molar-refractivity contribution in [3.63, 3.8) is 0 Å². The number of methoxy groups -OCH3 is 2. The van der Waals surface area contributed by atoms with Gasteiger partial charge in [-0.25, -0.2) is 4.98 Å². The Morgan fingerprint density at radius 3 is 2.43 bits per heavy atom. The van der Waals surface area contributed by atoms with Crippen LogP contribution in [-0.4, -0.2) is 19.2 Å². The number of aromatic nitrogens is 1. The molecular weight excluding hydrogens is 309 g/mol. The van der Waals surface area contributed by atoms with Gasteiger partial charge in [0.2, 0.25) is 0 Å². The first-order chi connectivity index (χ1) is 10.8. The molecule has 0 amide bonds. The van der Waals surface area contributed by atoms with Gasteiger partial charge in [0.1, 0.15) is 23.0 Å². The summed E-state index contributed by atoms with van der Waals surface area (Å²) in [6, 6.07) is 7.61. The molecule has 124 valence electrons. The van der Waals surface area contributed by atoms with Crippen molar-refractivity contribution in [2.75, 3.05) is 19.5 Å². The smallest absolute Gasteiger partial charge is 0.433 e.